The number of nitrogens with zero attached hydrogens (tertiary/aromatic N) is 2. The van der Waals surface area contributed by atoms with E-state index in [1.807, 2.05) is 92.0 Å². The molecule has 5 nitrogen and oxygen atoms in total. The molecule has 1 N–H and O–H groups in total. The summed E-state index contributed by atoms with van der Waals surface area (Å²) in [6.45, 7) is 3.79. The molecule has 2 aromatic heterocycles. The largest absolute Gasteiger partial charge is 0.322 e. The van der Waals surface area contributed by atoms with E-state index in [-0.39, 0.29) is 11.5 Å². The van der Waals surface area contributed by atoms with Crippen LogP contribution >= 0.6 is 22.7 Å². The Labute approximate surface area is 198 Å². The van der Waals surface area contributed by atoms with Crippen LogP contribution in [0.5, 0.6) is 0 Å². The van der Waals surface area contributed by atoms with Crippen LogP contribution in [0.3, 0.4) is 0 Å². The van der Waals surface area contributed by atoms with Crippen LogP contribution in [0.1, 0.15) is 29.0 Å². The summed E-state index contributed by atoms with van der Waals surface area (Å²) in [5.41, 5.74) is 3.62. The van der Waals surface area contributed by atoms with Crippen LogP contribution in [0.15, 0.2) is 93.2 Å². The Morgan fingerprint density at radius 3 is 2.52 bits per heavy atom. The van der Waals surface area contributed by atoms with Gasteiger partial charge in [0.25, 0.3) is 11.5 Å². The van der Waals surface area contributed by atoms with Gasteiger partial charge in [-0.25, -0.2) is 4.99 Å². The van der Waals surface area contributed by atoms with Gasteiger partial charge in [-0.3, -0.25) is 14.2 Å². The number of fused-ring (bicyclic) bond motifs is 1. The van der Waals surface area contributed by atoms with Crippen LogP contribution in [0, 0.1) is 6.92 Å². The number of rotatable bonds is 4. The van der Waals surface area contributed by atoms with E-state index in [0.29, 0.717) is 20.6 Å². The molecule has 164 valence electrons. The summed E-state index contributed by atoms with van der Waals surface area (Å²) in [7, 11) is 0. The summed E-state index contributed by atoms with van der Waals surface area (Å²) in [4.78, 5) is 33.3. The minimum absolute atomic E-state index is 0.144. The summed E-state index contributed by atoms with van der Waals surface area (Å²) >= 11 is 2.88. The first-order chi connectivity index (χ1) is 16.0. The number of aromatic nitrogens is 1. The average Bonchev–Trinajstić information content (AvgIpc) is 3.44. The molecular weight excluding hydrogens is 450 g/mol. The highest BCUT2D eigenvalue weighted by atomic mass is 32.1. The minimum Gasteiger partial charge on any atom is -0.322 e. The minimum atomic E-state index is -0.525. The number of para-hydroxylation sites is 1. The third-order valence-electron chi connectivity index (χ3n) is 5.57. The molecule has 33 heavy (non-hydrogen) atoms. The summed E-state index contributed by atoms with van der Waals surface area (Å²) in [5, 5.41) is 4.99. The fraction of sp³-hybridized carbons (Fsp3) is 0.115. The number of carbonyl (C=O) groups is 1. The second kappa shape index (κ2) is 8.77. The molecule has 1 aliphatic heterocycles. The molecule has 3 heterocycles. The van der Waals surface area contributed by atoms with E-state index in [4.69, 9.17) is 0 Å². The molecule has 0 unspecified atom stereocenters. The number of anilines is 1. The average molecular weight is 472 g/mol. The van der Waals surface area contributed by atoms with Gasteiger partial charge in [-0.2, -0.15) is 0 Å². The number of thiophene rings is 1. The number of allylic oxidation sites excluding steroid dienone is 1. The SMILES string of the molecule is CC1=C(C(=O)Nc2ccccc2C)[C@H](c2cccs2)n2c(s/c(=C\c3ccccc3)c2=O)=N1. The van der Waals surface area contributed by atoms with Gasteiger partial charge in [0, 0.05) is 10.6 Å². The van der Waals surface area contributed by atoms with Crippen molar-refractivity contribution in [2.24, 2.45) is 4.99 Å². The first-order valence-corrected chi connectivity index (χ1v) is 12.2. The van der Waals surface area contributed by atoms with Gasteiger partial charge in [0.1, 0.15) is 6.04 Å². The maximum absolute atomic E-state index is 13.5. The topological polar surface area (TPSA) is 63.5 Å². The van der Waals surface area contributed by atoms with E-state index < -0.39 is 6.04 Å². The lowest BCUT2D eigenvalue weighted by Gasteiger charge is -2.24. The lowest BCUT2D eigenvalue weighted by molar-refractivity contribution is -0.113. The van der Waals surface area contributed by atoms with Crippen LogP contribution in [0.4, 0.5) is 5.69 Å². The van der Waals surface area contributed by atoms with E-state index in [2.05, 4.69) is 10.3 Å². The maximum atomic E-state index is 13.5. The predicted molar refractivity (Wildman–Crippen MR) is 134 cm³/mol. The maximum Gasteiger partial charge on any atom is 0.271 e. The lowest BCUT2D eigenvalue weighted by atomic mass is 10.0. The quantitative estimate of drug-likeness (QED) is 0.484. The summed E-state index contributed by atoms with van der Waals surface area (Å²) in [6, 6.07) is 20.8. The van der Waals surface area contributed by atoms with Gasteiger partial charge in [0.2, 0.25) is 0 Å². The van der Waals surface area contributed by atoms with Gasteiger partial charge in [-0.15, -0.1) is 11.3 Å². The number of nitrogens with one attached hydrogen (secondary N) is 1. The summed E-state index contributed by atoms with van der Waals surface area (Å²) in [6.07, 6.45) is 1.88. The molecule has 0 spiro atoms. The normalized spacial score (nSPS) is 15.8. The van der Waals surface area contributed by atoms with Gasteiger partial charge in [0.05, 0.1) is 15.8 Å². The number of hydrogen-bond acceptors (Lipinski definition) is 5. The second-order valence-electron chi connectivity index (χ2n) is 7.78. The van der Waals surface area contributed by atoms with Gasteiger partial charge in [-0.1, -0.05) is 65.9 Å². The number of carbonyl (C=O) groups excluding carboxylic acids is 1. The number of benzene rings is 2. The third kappa shape index (κ3) is 4.01. The Kier molecular flexibility index (Phi) is 5.66. The smallest absolute Gasteiger partial charge is 0.271 e. The van der Waals surface area contributed by atoms with Crippen molar-refractivity contribution >= 4 is 40.3 Å². The van der Waals surface area contributed by atoms with Crippen LogP contribution < -0.4 is 20.2 Å². The van der Waals surface area contributed by atoms with Crippen molar-refractivity contribution in [2.45, 2.75) is 19.9 Å². The van der Waals surface area contributed by atoms with Gasteiger partial charge in [0.15, 0.2) is 4.80 Å². The molecule has 0 saturated carbocycles. The first kappa shape index (κ1) is 21.3. The van der Waals surface area contributed by atoms with Crippen LogP contribution in [0.2, 0.25) is 0 Å². The first-order valence-electron chi connectivity index (χ1n) is 10.5. The van der Waals surface area contributed by atoms with Crippen molar-refractivity contribution in [1.29, 1.82) is 0 Å². The lowest BCUT2D eigenvalue weighted by Crippen LogP contribution is -2.40. The molecule has 1 aliphatic rings. The number of hydrogen-bond donors (Lipinski definition) is 1. The fourth-order valence-electron chi connectivity index (χ4n) is 3.93. The Morgan fingerprint density at radius 1 is 1.03 bits per heavy atom. The van der Waals surface area contributed by atoms with Crippen LogP contribution in [-0.4, -0.2) is 10.5 Å². The van der Waals surface area contributed by atoms with Crippen molar-refractivity contribution in [2.75, 3.05) is 5.32 Å². The number of thiazole rings is 1. The Hall–Kier alpha value is -3.55. The second-order valence-corrected chi connectivity index (χ2v) is 9.77. The molecule has 7 heteroatoms. The molecule has 1 atom stereocenters. The monoisotopic (exact) mass is 471 g/mol. The fourth-order valence-corrected chi connectivity index (χ4v) is 5.80. The molecule has 1 amide bonds. The molecule has 0 radical (unpaired) electrons. The Bertz CT molecular complexity index is 1550. The van der Waals surface area contributed by atoms with E-state index >= 15 is 0 Å². The summed E-state index contributed by atoms with van der Waals surface area (Å²) < 4.78 is 2.25. The molecule has 0 aliphatic carbocycles. The highest BCUT2D eigenvalue weighted by Crippen LogP contribution is 2.33. The van der Waals surface area contributed by atoms with E-state index in [1.165, 1.54) is 22.7 Å². The highest BCUT2D eigenvalue weighted by molar-refractivity contribution is 7.10. The zero-order valence-electron chi connectivity index (χ0n) is 18.1. The highest BCUT2D eigenvalue weighted by Gasteiger charge is 2.33. The Balaban J connectivity index is 1.66. The Morgan fingerprint density at radius 2 is 1.79 bits per heavy atom. The molecule has 2 aromatic carbocycles. The van der Waals surface area contributed by atoms with E-state index in [9.17, 15) is 9.59 Å². The zero-order valence-corrected chi connectivity index (χ0v) is 19.7. The molecule has 0 bridgehead atoms. The van der Waals surface area contributed by atoms with Gasteiger partial charge in [-0.05, 0) is 48.6 Å². The van der Waals surface area contributed by atoms with Gasteiger partial charge >= 0.3 is 0 Å². The van der Waals surface area contributed by atoms with Crippen molar-refractivity contribution in [3.8, 4) is 0 Å². The van der Waals surface area contributed by atoms with Crippen molar-refractivity contribution < 1.29 is 4.79 Å². The molecule has 5 rings (SSSR count). The number of amides is 1. The van der Waals surface area contributed by atoms with Crippen LogP contribution in [-0.2, 0) is 4.79 Å². The third-order valence-corrected chi connectivity index (χ3v) is 7.48. The van der Waals surface area contributed by atoms with E-state index in [0.717, 1.165) is 21.7 Å². The number of aryl methyl sites for hydroxylation is 1. The van der Waals surface area contributed by atoms with Crippen LogP contribution in [0.25, 0.3) is 6.08 Å². The van der Waals surface area contributed by atoms with E-state index in [1.54, 1.807) is 4.57 Å². The molecular formula is C26H21N3O2S2. The predicted octanol–water partition coefficient (Wildman–Crippen LogP) is 4.24. The molecule has 4 aromatic rings. The molecule has 0 fully saturated rings. The van der Waals surface area contributed by atoms with Gasteiger partial charge < -0.3 is 5.32 Å². The standard InChI is InChI=1S/C26H21N3O2S2/c1-16-9-6-7-12-19(16)28-24(30)22-17(2)27-26-29(23(22)20-13-8-14-32-20)25(31)21(33-26)15-18-10-4-3-5-11-18/h3-15,23H,1-2H3,(H,28,30)/b21-15-/t23-/m0/s1. The van der Waals surface area contributed by atoms with Crippen molar-refractivity contribution in [3.63, 3.8) is 0 Å². The summed E-state index contributed by atoms with van der Waals surface area (Å²) in [5.74, 6) is -0.249. The van der Waals surface area contributed by atoms with Crippen molar-refractivity contribution in [1.82, 2.24) is 4.57 Å². The molecule has 0 saturated heterocycles. The zero-order chi connectivity index (χ0) is 22.9. The van der Waals surface area contributed by atoms with Crippen molar-refractivity contribution in [3.05, 3.63) is 119 Å².